The van der Waals surface area contributed by atoms with Crippen molar-refractivity contribution in [2.75, 3.05) is 0 Å². The second-order valence-electron chi connectivity index (χ2n) is 4.61. The molecule has 0 spiro atoms. The Morgan fingerprint density at radius 2 is 1.89 bits per heavy atom. The Morgan fingerprint density at radius 1 is 1.22 bits per heavy atom. The van der Waals surface area contributed by atoms with Gasteiger partial charge in [0.25, 0.3) is 0 Å². The highest BCUT2D eigenvalue weighted by molar-refractivity contribution is 5.33. The van der Waals surface area contributed by atoms with Gasteiger partial charge in [-0.15, -0.1) is 0 Å². The van der Waals surface area contributed by atoms with Crippen molar-refractivity contribution in [3.8, 4) is 6.07 Å². The van der Waals surface area contributed by atoms with Gasteiger partial charge in [0.05, 0.1) is 17.7 Å². The summed E-state index contributed by atoms with van der Waals surface area (Å²) in [7, 11) is 0. The molecule has 0 saturated heterocycles. The maximum absolute atomic E-state index is 9.34. The molecular weight excluding hydrogens is 224 g/mol. The molecule has 3 heteroatoms. The Hall–Kier alpha value is -2.08. The first-order valence-electron chi connectivity index (χ1n) is 5.99. The third-order valence-electron chi connectivity index (χ3n) is 3.15. The van der Waals surface area contributed by atoms with E-state index in [9.17, 15) is 5.26 Å². The molecule has 2 aromatic rings. The number of hydrogen-bond acceptors (Lipinski definition) is 3. The Kier molecular flexibility index (Phi) is 3.47. The third-order valence-corrected chi connectivity index (χ3v) is 3.15. The van der Waals surface area contributed by atoms with Crippen molar-refractivity contribution < 1.29 is 4.52 Å². The molecule has 0 N–H and O–H groups in total. The predicted molar refractivity (Wildman–Crippen MR) is 69.2 cm³/mol. The second kappa shape index (κ2) is 5.05. The van der Waals surface area contributed by atoms with Crippen molar-refractivity contribution in [3.63, 3.8) is 0 Å². The van der Waals surface area contributed by atoms with Gasteiger partial charge in [0.15, 0.2) is 0 Å². The van der Waals surface area contributed by atoms with Gasteiger partial charge in [-0.05, 0) is 32.8 Å². The van der Waals surface area contributed by atoms with Crippen molar-refractivity contribution in [2.24, 2.45) is 0 Å². The third kappa shape index (κ3) is 2.43. The first kappa shape index (κ1) is 12.4. The van der Waals surface area contributed by atoms with Crippen LogP contribution < -0.4 is 0 Å². The summed E-state index contributed by atoms with van der Waals surface area (Å²) in [6.45, 7) is 5.79. The zero-order chi connectivity index (χ0) is 13.1. The van der Waals surface area contributed by atoms with E-state index < -0.39 is 0 Å². The Balaban J connectivity index is 2.26. The van der Waals surface area contributed by atoms with Crippen molar-refractivity contribution in [1.29, 1.82) is 5.26 Å². The van der Waals surface area contributed by atoms with Crippen LogP contribution in [0.5, 0.6) is 0 Å². The summed E-state index contributed by atoms with van der Waals surface area (Å²) < 4.78 is 5.13. The van der Waals surface area contributed by atoms with Gasteiger partial charge >= 0.3 is 0 Å². The van der Waals surface area contributed by atoms with Crippen LogP contribution in [0.15, 0.2) is 28.8 Å². The van der Waals surface area contributed by atoms with Crippen LogP contribution in [0.3, 0.4) is 0 Å². The van der Waals surface area contributed by atoms with Crippen LogP contribution in [0.4, 0.5) is 0 Å². The number of aryl methyl sites for hydroxylation is 3. The molecule has 0 aliphatic heterocycles. The molecule has 0 amide bonds. The molecule has 1 aromatic carbocycles. The molecule has 0 fully saturated rings. The van der Waals surface area contributed by atoms with Crippen LogP contribution in [-0.2, 0) is 6.42 Å². The van der Waals surface area contributed by atoms with Crippen LogP contribution in [0.1, 0.15) is 34.1 Å². The summed E-state index contributed by atoms with van der Waals surface area (Å²) in [6, 6.07) is 10.6. The number of hydrogen-bond donors (Lipinski definition) is 0. The monoisotopic (exact) mass is 240 g/mol. The molecular formula is C15H16N2O. The van der Waals surface area contributed by atoms with Crippen molar-refractivity contribution in [1.82, 2.24) is 5.16 Å². The molecule has 3 nitrogen and oxygen atoms in total. The lowest BCUT2D eigenvalue weighted by Gasteiger charge is -2.09. The van der Waals surface area contributed by atoms with Gasteiger partial charge in [0.1, 0.15) is 5.76 Å². The van der Waals surface area contributed by atoms with E-state index in [4.69, 9.17) is 4.52 Å². The summed E-state index contributed by atoms with van der Waals surface area (Å²) >= 11 is 0. The van der Waals surface area contributed by atoms with Gasteiger partial charge < -0.3 is 4.52 Å². The van der Waals surface area contributed by atoms with E-state index >= 15 is 0 Å². The molecule has 18 heavy (non-hydrogen) atoms. The minimum Gasteiger partial charge on any atom is -0.361 e. The van der Waals surface area contributed by atoms with E-state index in [1.165, 1.54) is 5.56 Å². The lowest BCUT2D eigenvalue weighted by atomic mass is 9.92. The molecule has 0 radical (unpaired) electrons. The Morgan fingerprint density at radius 3 is 2.39 bits per heavy atom. The molecule has 0 saturated carbocycles. The molecule has 92 valence electrons. The maximum atomic E-state index is 9.34. The minimum atomic E-state index is -0.195. The second-order valence-corrected chi connectivity index (χ2v) is 4.61. The number of nitriles is 1. The SMILES string of the molecule is Cc1ccc(CC(C#N)c2c(C)noc2C)cc1. The number of nitrogens with zero attached hydrogens (tertiary/aromatic N) is 2. The van der Waals surface area contributed by atoms with E-state index in [2.05, 4.69) is 42.4 Å². The number of benzene rings is 1. The van der Waals surface area contributed by atoms with Crippen LogP contribution in [-0.4, -0.2) is 5.16 Å². The topological polar surface area (TPSA) is 49.8 Å². The number of aromatic nitrogens is 1. The van der Waals surface area contributed by atoms with Crippen LogP contribution in [0, 0.1) is 32.1 Å². The predicted octanol–water partition coefficient (Wildman–Crippen LogP) is 3.45. The van der Waals surface area contributed by atoms with Gasteiger partial charge in [-0.25, -0.2) is 0 Å². The smallest absolute Gasteiger partial charge is 0.138 e. The lowest BCUT2D eigenvalue weighted by Crippen LogP contribution is -2.02. The molecule has 2 rings (SSSR count). The van der Waals surface area contributed by atoms with Gasteiger partial charge in [-0.2, -0.15) is 5.26 Å². The highest BCUT2D eigenvalue weighted by atomic mass is 16.5. The Bertz CT molecular complexity index is 556. The van der Waals surface area contributed by atoms with Gasteiger partial charge in [-0.3, -0.25) is 0 Å². The Labute approximate surface area is 107 Å². The van der Waals surface area contributed by atoms with E-state index in [0.29, 0.717) is 6.42 Å². The molecule has 0 aliphatic rings. The summed E-state index contributed by atoms with van der Waals surface area (Å²) in [5, 5.41) is 13.3. The normalized spacial score (nSPS) is 12.1. The summed E-state index contributed by atoms with van der Waals surface area (Å²) in [5.74, 6) is 0.546. The van der Waals surface area contributed by atoms with Crippen LogP contribution in [0.25, 0.3) is 0 Å². The molecule has 1 atom stereocenters. The first-order chi connectivity index (χ1) is 8.61. The zero-order valence-corrected chi connectivity index (χ0v) is 10.9. The molecule has 1 unspecified atom stereocenters. The molecule has 0 bridgehead atoms. The fourth-order valence-corrected chi connectivity index (χ4v) is 2.16. The van der Waals surface area contributed by atoms with E-state index in [1.807, 2.05) is 13.8 Å². The average Bonchev–Trinajstić information content (AvgIpc) is 2.69. The summed E-state index contributed by atoms with van der Waals surface area (Å²) in [6.07, 6.45) is 0.694. The fraction of sp³-hybridized carbons (Fsp3) is 0.333. The van der Waals surface area contributed by atoms with Crippen molar-refractivity contribution in [3.05, 3.63) is 52.4 Å². The highest BCUT2D eigenvalue weighted by Crippen LogP contribution is 2.26. The quantitative estimate of drug-likeness (QED) is 0.825. The average molecular weight is 240 g/mol. The highest BCUT2D eigenvalue weighted by Gasteiger charge is 2.20. The summed E-state index contributed by atoms with van der Waals surface area (Å²) in [4.78, 5) is 0. The lowest BCUT2D eigenvalue weighted by molar-refractivity contribution is 0.392. The first-order valence-corrected chi connectivity index (χ1v) is 5.99. The van der Waals surface area contributed by atoms with Crippen molar-refractivity contribution in [2.45, 2.75) is 33.1 Å². The zero-order valence-electron chi connectivity index (χ0n) is 10.9. The van der Waals surface area contributed by atoms with Gasteiger partial charge in [0.2, 0.25) is 0 Å². The maximum Gasteiger partial charge on any atom is 0.138 e. The van der Waals surface area contributed by atoms with Crippen LogP contribution in [0.2, 0.25) is 0 Å². The van der Waals surface area contributed by atoms with E-state index in [-0.39, 0.29) is 5.92 Å². The molecule has 0 aliphatic carbocycles. The molecule has 1 aromatic heterocycles. The van der Waals surface area contributed by atoms with E-state index in [0.717, 1.165) is 22.6 Å². The standard InChI is InChI=1S/C15H16N2O/c1-10-4-6-13(7-5-10)8-14(9-16)15-11(2)17-18-12(15)3/h4-7,14H,8H2,1-3H3. The van der Waals surface area contributed by atoms with Gasteiger partial charge in [-0.1, -0.05) is 35.0 Å². The number of rotatable bonds is 3. The molecule has 1 heterocycles. The largest absolute Gasteiger partial charge is 0.361 e. The van der Waals surface area contributed by atoms with Crippen LogP contribution >= 0.6 is 0 Å². The summed E-state index contributed by atoms with van der Waals surface area (Å²) in [5.41, 5.74) is 4.13. The fourth-order valence-electron chi connectivity index (χ4n) is 2.16. The minimum absolute atomic E-state index is 0.195. The van der Waals surface area contributed by atoms with Crippen molar-refractivity contribution >= 4 is 0 Å². The van der Waals surface area contributed by atoms with Gasteiger partial charge in [0, 0.05) is 5.56 Å². The van der Waals surface area contributed by atoms with E-state index in [1.54, 1.807) is 0 Å².